The van der Waals surface area contributed by atoms with Crippen LogP contribution in [0, 0.1) is 17.6 Å². The molecule has 2 N–H and O–H groups in total. The van der Waals surface area contributed by atoms with E-state index in [0.29, 0.717) is 17.9 Å². The van der Waals surface area contributed by atoms with Crippen LogP contribution in [-0.4, -0.2) is 19.0 Å². The largest absolute Gasteiger partial charge is 0.347 e. The van der Waals surface area contributed by atoms with Gasteiger partial charge in [0.15, 0.2) is 11.6 Å². The van der Waals surface area contributed by atoms with E-state index in [-0.39, 0.29) is 18.3 Å². The maximum atomic E-state index is 13.3. The van der Waals surface area contributed by atoms with Crippen molar-refractivity contribution in [3.63, 3.8) is 0 Å². The van der Waals surface area contributed by atoms with E-state index in [1.54, 1.807) is 13.8 Å². The molecule has 3 nitrogen and oxygen atoms in total. The summed E-state index contributed by atoms with van der Waals surface area (Å²) >= 11 is 0. The van der Waals surface area contributed by atoms with Gasteiger partial charge >= 0.3 is 0 Å². The zero-order chi connectivity index (χ0) is 15.5. The molecule has 6 heteroatoms. The fourth-order valence-corrected chi connectivity index (χ4v) is 2.66. The number of amides is 1. The zero-order valence-electron chi connectivity index (χ0n) is 12.9. The van der Waals surface area contributed by atoms with Crippen LogP contribution in [0.5, 0.6) is 0 Å². The Morgan fingerprint density at radius 1 is 1.36 bits per heavy atom. The Bertz CT molecular complexity index is 517. The summed E-state index contributed by atoms with van der Waals surface area (Å²) in [4.78, 5) is 12.0. The third kappa shape index (κ3) is 4.92. The molecule has 1 saturated heterocycles. The number of hydrogen-bond acceptors (Lipinski definition) is 2. The number of carbonyl (C=O) groups excluding carboxylic acids is 1. The molecule has 1 heterocycles. The summed E-state index contributed by atoms with van der Waals surface area (Å²) in [6.45, 7) is 5.57. The minimum absolute atomic E-state index is 0. The maximum absolute atomic E-state index is 13.3. The van der Waals surface area contributed by atoms with E-state index in [1.807, 2.05) is 0 Å². The molecule has 22 heavy (non-hydrogen) atoms. The van der Waals surface area contributed by atoms with Gasteiger partial charge in [0.2, 0.25) is 5.91 Å². The maximum Gasteiger partial charge on any atom is 0.220 e. The molecule has 0 aromatic heterocycles. The van der Waals surface area contributed by atoms with Gasteiger partial charge in [-0.25, -0.2) is 8.78 Å². The van der Waals surface area contributed by atoms with Crippen LogP contribution in [0.25, 0.3) is 0 Å². The molecule has 1 amide bonds. The van der Waals surface area contributed by atoms with Crippen LogP contribution in [0.2, 0.25) is 0 Å². The van der Waals surface area contributed by atoms with Crippen molar-refractivity contribution in [2.75, 3.05) is 13.1 Å². The Labute approximate surface area is 136 Å². The van der Waals surface area contributed by atoms with E-state index in [9.17, 15) is 13.6 Å². The quantitative estimate of drug-likeness (QED) is 0.869. The average Bonchev–Trinajstić information content (AvgIpc) is 2.92. The highest BCUT2D eigenvalue weighted by atomic mass is 35.5. The molecule has 2 rings (SSSR count). The number of hydrogen-bond donors (Lipinski definition) is 2. The Morgan fingerprint density at radius 2 is 2.09 bits per heavy atom. The number of halogens is 3. The van der Waals surface area contributed by atoms with Gasteiger partial charge in [-0.3, -0.25) is 4.79 Å². The van der Waals surface area contributed by atoms with Crippen LogP contribution in [0.4, 0.5) is 8.78 Å². The van der Waals surface area contributed by atoms with Crippen molar-refractivity contribution in [3.05, 3.63) is 35.4 Å². The second-order valence-electron chi connectivity index (χ2n) is 6.20. The molecule has 1 atom stereocenters. The first-order valence-corrected chi connectivity index (χ1v) is 7.36. The molecule has 0 saturated carbocycles. The van der Waals surface area contributed by atoms with E-state index in [1.165, 1.54) is 6.07 Å². The number of nitrogens with one attached hydrogen (secondary N) is 2. The van der Waals surface area contributed by atoms with Gasteiger partial charge in [0.05, 0.1) is 5.54 Å². The number of benzene rings is 1. The van der Waals surface area contributed by atoms with Crippen LogP contribution in [0.15, 0.2) is 18.2 Å². The smallest absolute Gasteiger partial charge is 0.220 e. The first-order valence-electron chi connectivity index (χ1n) is 7.36. The van der Waals surface area contributed by atoms with Gasteiger partial charge in [-0.15, -0.1) is 12.4 Å². The van der Waals surface area contributed by atoms with Crippen LogP contribution in [-0.2, 0) is 10.3 Å². The fourth-order valence-electron chi connectivity index (χ4n) is 2.66. The monoisotopic (exact) mass is 332 g/mol. The van der Waals surface area contributed by atoms with Crippen molar-refractivity contribution >= 4 is 18.3 Å². The fraction of sp³-hybridized carbons (Fsp3) is 0.562. The zero-order valence-corrected chi connectivity index (χ0v) is 13.7. The highest BCUT2D eigenvalue weighted by Crippen LogP contribution is 2.23. The highest BCUT2D eigenvalue weighted by Gasteiger charge is 2.24. The van der Waals surface area contributed by atoms with E-state index in [2.05, 4.69) is 10.6 Å². The van der Waals surface area contributed by atoms with Crippen molar-refractivity contribution in [2.24, 2.45) is 5.92 Å². The lowest BCUT2D eigenvalue weighted by Gasteiger charge is -2.27. The molecular formula is C16H23ClF2N2O. The Morgan fingerprint density at radius 3 is 2.68 bits per heavy atom. The van der Waals surface area contributed by atoms with E-state index in [0.717, 1.165) is 38.1 Å². The van der Waals surface area contributed by atoms with Crippen molar-refractivity contribution in [3.8, 4) is 0 Å². The molecule has 0 bridgehead atoms. The number of rotatable bonds is 5. The summed E-state index contributed by atoms with van der Waals surface area (Å²) in [5.41, 5.74) is -0.170. The van der Waals surface area contributed by atoms with Crippen LogP contribution < -0.4 is 10.6 Å². The summed E-state index contributed by atoms with van der Waals surface area (Å²) in [7, 11) is 0. The first kappa shape index (κ1) is 18.8. The van der Waals surface area contributed by atoms with Crippen molar-refractivity contribution in [1.29, 1.82) is 0 Å². The van der Waals surface area contributed by atoms with Gasteiger partial charge < -0.3 is 10.6 Å². The lowest BCUT2D eigenvalue weighted by atomic mass is 9.93. The summed E-state index contributed by atoms with van der Waals surface area (Å²) < 4.78 is 26.3. The molecule has 1 aliphatic rings. The number of carbonyl (C=O) groups is 1. The topological polar surface area (TPSA) is 41.1 Å². The standard InChI is InChI=1S/C16H22F2N2O.ClH/c1-16(2,12-4-5-13(17)14(18)9-12)20-15(21)6-3-11-7-8-19-10-11;/h4-5,9,11,19H,3,6-8,10H2,1-2H3,(H,20,21);1H. The van der Waals surface area contributed by atoms with Gasteiger partial charge in [-0.05, 0) is 63.4 Å². The third-order valence-corrected chi connectivity index (χ3v) is 4.04. The van der Waals surface area contributed by atoms with Crippen LogP contribution >= 0.6 is 12.4 Å². The predicted molar refractivity (Wildman–Crippen MR) is 85.0 cm³/mol. The summed E-state index contributed by atoms with van der Waals surface area (Å²) in [5, 5.41) is 6.17. The highest BCUT2D eigenvalue weighted by molar-refractivity contribution is 5.85. The second kappa shape index (κ2) is 7.88. The molecule has 1 aromatic carbocycles. The van der Waals surface area contributed by atoms with E-state index >= 15 is 0 Å². The van der Waals surface area contributed by atoms with Crippen molar-refractivity contribution in [1.82, 2.24) is 10.6 Å². The molecule has 1 fully saturated rings. The first-order chi connectivity index (χ1) is 9.88. The van der Waals surface area contributed by atoms with Gasteiger partial charge in [-0.2, -0.15) is 0 Å². The van der Waals surface area contributed by atoms with E-state index in [4.69, 9.17) is 0 Å². The molecule has 1 aliphatic heterocycles. The summed E-state index contributed by atoms with van der Waals surface area (Å²) in [6, 6.07) is 3.72. The average molecular weight is 333 g/mol. The Kier molecular flexibility index (Phi) is 6.75. The van der Waals surface area contributed by atoms with Crippen molar-refractivity contribution < 1.29 is 13.6 Å². The minimum Gasteiger partial charge on any atom is -0.347 e. The third-order valence-electron chi connectivity index (χ3n) is 4.04. The van der Waals surface area contributed by atoms with Crippen LogP contribution in [0.3, 0.4) is 0 Å². The molecule has 1 aromatic rings. The van der Waals surface area contributed by atoms with Gasteiger partial charge in [0.1, 0.15) is 0 Å². The Balaban J connectivity index is 0.00000242. The van der Waals surface area contributed by atoms with Gasteiger partial charge in [0.25, 0.3) is 0 Å². The molecule has 0 radical (unpaired) electrons. The lowest BCUT2D eigenvalue weighted by molar-refractivity contribution is -0.123. The second-order valence-corrected chi connectivity index (χ2v) is 6.20. The normalized spacial score (nSPS) is 17.9. The summed E-state index contributed by atoms with van der Waals surface area (Å²) in [5.74, 6) is -1.28. The van der Waals surface area contributed by atoms with Crippen LogP contribution in [0.1, 0.15) is 38.7 Å². The molecule has 0 aliphatic carbocycles. The minimum atomic E-state index is -0.896. The molecule has 124 valence electrons. The Hall–Kier alpha value is -1.20. The van der Waals surface area contributed by atoms with E-state index < -0.39 is 17.2 Å². The van der Waals surface area contributed by atoms with Crippen molar-refractivity contribution in [2.45, 2.75) is 38.6 Å². The summed E-state index contributed by atoms with van der Waals surface area (Å²) in [6.07, 6.45) is 2.42. The molecule has 1 unspecified atom stereocenters. The lowest BCUT2D eigenvalue weighted by Crippen LogP contribution is -2.41. The van der Waals surface area contributed by atoms with Gasteiger partial charge in [-0.1, -0.05) is 6.07 Å². The molecule has 0 spiro atoms. The molecular weight excluding hydrogens is 310 g/mol. The predicted octanol–water partition coefficient (Wildman–Crippen LogP) is 3.13. The van der Waals surface area contributed by atoms with Gasteiger partial charge in [0, 0.05) is 6.42 Å². The SMILES string of the molecule is CC(C)(NC(=O)CCC1CCNC1)c1ccc(F)c(F)c1.Cl.